The summed E-state index contributed by atoms with van der Waals surface area (Å²) in [7, 11) is -2.28. The topological polar surface area (TPSA) is 40.6 Å². The Bertz CT molecular complexity index is 404. The van der Waals surface area contributed by atoms with Crippen molar-refractivity contribution in [2.45, 2.75) is 6.54 Å². The van der Waals surface area contributed by atoms with Gasteiger partial charge in [-0.2, -0.15) is 0 Å². The molecule has 0 saturated carbocycles. The van der Waals surface area contributed by atoms with E-state index in [2.05, 4.69) is 17.0 Å². The highest BCUT2D eigenvalue weighted by molar-refractivity contribution is 7.72. The standard InChI is InChI=1S/C12H18N2O2S/c15-17(16)11-14-8-6-13(7-9-14)10-12-4-2-1-3-5-12/h1-5,17H,6-11H2. The van der Waals surface area contributed by atoms with Crippen molar-refractivity contribution in [3.63, 3.8) is 0 Å². The molecule has 1 aliphatic heterocycles. The van der Waals surface area contributed by atoms with E-state index in [0.717, 1.165) is 32.7 Å². The molecule has 0 unspecified atom stereocenters. The van der Waals surface area contributed by atoms with Crippen LogP contribution >= 0.6 is 0 Å². The molecule has 0 amide bonds. The van der Waals surface area contributed by atoms with Gasteiger partial charge in [-0.15, -0.1) is 0 Å². The van der Waals surface area contributed by atoms with E-state index in [1.54, 1.807) is 0 Å². The summed E-state index contributed by atoms with van der Waals surface area (Å²) in [5.41, 5.74) is 1.32. The Balaban J connectivity index is 1.79. The lowest BCUT2D eigenvalue weighted by atomic mass is 10.2. The van der Waals surface area contributed by atoms with E-state index in [1.807, 2.05) is 23.1 Å². The second-order valence-electron chi connectivity index (χ2n) is 4.35. The SMILES string of the molecule is O=[SH](=O)CN1CCN(Cc2ccccc2)CC1. The van der Waals surface area contributed by atoms with Crippen LogP contribution in [0.3, 0.4) is 0 Å². The van der Waals surface area contributed by atoms with Crippen molar-refractivity contribution < 1.29 is 8.42 Å². The fourth-order valence-corrected chi connectivity index (χ4v) is 2.70. The Morgan fingerprint density at radius 1 is 0.941 bits per heavy atom. The van der Waals surface area contributed by atoms with Crippen LogP contribution in [0.15, 0.2) is 30.3 Å². The van der Waals surface area contributed by atoms with Crippen LogP contribution < -0.4 is 0 Å². The minimum absolute atomic E-state index is 0.203. The van der Waals surface area contributed by atoms with Gasteiger partial charge in [0.1, 0.15) is 0 Å². The minimum atomic E-state index is -2.28. The van der Waals surface area contributed by atoms with Crippen molar-refractivity contribution in [3.05, 3.63) is 35.9 Å². The summed E-state index contributed by atoms with van der Waals surface area (Å²) >= 11 is 0. The van der Waals surface area contributed by atoms with E-state index < -0.39 is 10.7 Å². The lowest BCUT2D eigenvalue weighted by Crippen LogP contribution is -2.46. The van der Waals surface area contributed by atoms with E-state index >= 15 is 0 Å². The fourth-order valence-electron chi connectivity index (χ4n) is 2.09. The number of hydrogen-bond donors (Lipinski definition) is 1. The molecule has 4 nitrogen and oxygen atoms in total. The first-order valence-corrected chi connectivity index (χ1v) is 7.21. The van der Waals surface area contributed by atoms with Crippen molar-refractivity contribution in [1.29, 1.82) is 0 Å². The van der Waals surface area contributed by atoms with Crippen LogP contribution in [0.25, 0.3) is 0 Å². The number of nitrogens with zero attached hydrogens (tertiary/aromatic N) is 2. The first-order chi connectivity index (χ1) is 8.24. The van der Waals surface area contributed by atoms with Crippen molar-refractivity contribution in [2.24, 2.45) is 0 Å². The minimum Gasteiger partial charge on any atom is -0.297 e. The van der Waals surface area contributed by atoms with Crippen LogP contribution in [-0.4, -0.2) is 50.3 Å². The van der Waals surface area contributed by atoms with Gasteiger partial charge in [0, 0.05) is 32.7 Å². The number of hydrogen-bond acceptors (Lipinski definition) is 4. The van der Waals surface area contributed by atoms with E-state index in [9.17, 15) is 8.42 Å². The average molecular weight is 254 g/mol. The van der Waals surface area contributed by atoms with E-state index in [1.165, 1.54) is 5.56 Å². The summed E-state index contributed by atoms with van der Waals surface area (Å²) in [6.07, 6.45) is 0. The van der Waals surface area contributed by atoms with E-state index in [-0.39, 0.29) is 5.88 Å². The molecule has 2 rings (SSSR count). The maximum atomic E-state index is 10.6. The molecule has 1 aromatic rings. The van der Waals surface area contributed by atoms with Gasteiger partial charge in [-0.3, -0.25) is 9.80 Å². The van der Waals surface area contributed by atoms with Gasteiger partial charge < -0.3 is 0 Å². The predicted octanol–water partition coefficient (Wildman–Crippen LogP) is 0.373. The molecule has 5 heteroatoms. The van der Waals surface area contributed by atoms with Crippen LogP contribution in [0.2, 0.25) is 0 Å². The predicted molar refractivity (Wildman–Crippen MR) is 68.5 cm³/mol. The Morgan fingerprint density at radius 2 is 1.53 bits per heavy atom. The van der Waals surface area contributed by atoms with Gasteiger partial charge in [0.25, 0.3) is 0 Å². The van der Waals surface area contributed by atoms with E-state index in [0.29, 0.717) is 0 Å². The lowest BCUT2D eigenvalue weighted by Gasteiger charge is -2.33. The van der Waals surface area contributed by atoms with Gasteiger partial charge in [-0.1, -0.05) is 30.3 Å². The zero-order valence-electron chi connectivity index (χ0n) is 9.79. The Kier molecular flexibility index (Phi) is 4.53. The van der Waals surface area contributed by atoms with Crippen LogP contribution in [0.4, 0.5) is 0 Å². The Labute approximate surface area is 104 Å². The van der Waals surface area contributed by atoms with Crippen molar-refractivity contribution in [1.82, 2.24) is 9.80 Å². The summed E-state index contributed by atoms with van der Waals surface area (Å²) in [4.78, 5) is 4.36. The van der Waals surface area contributed by atoms with Gasteiger partial charge in [0.15, 0.2) is 10.7 Å². The highest BCUT2D eigenvalue weighted by Gasteiger charge is 2.16. The molecule has 94 valence electrons. The molecule has 0 aliphatic carbocycles. The third-order valence-corrected chi connectivity index (χ3v) is 3.66. The average Bonchev–Trinajstić information content (AvgIpc) is 2.32. The van der Waals surface area contributed by atoms with Gasteiger partial charge in [0.2, 0.25) is 0 Å². The van der Waals surface area contributed by atoms with Gasteiger partial charge in [0.05, 0.1) is 5.88 Å². The summed E-state index contributed by atoms with van der Waals surface area (Å²) in [6.45, 7) is 4.53. The molecule has 0 spiro atoms. The number of benzene rings is 1. The Morgan fingerprint density at radius 3 is 2.12 bits per heavy atom. The zero-order chi connectivity index (χ0) is 12.1. The summed E-state index contributed by atoms with van der Waals surface area (Å²) in [5.74, 6) is 0.203. The third-order valence-electron chi connectivity index (χ3n) is 3.03. The largest absolute Gasteiger partial charge is 0.297 e. The monoisotopic (exact) mass is 254 g/mol. The quantitative estimate of drug-likeness (QED) is 0.788. The molecule has 1 fully saturated rings. The van der Waals surface area contributed by atoms with Crippen LogP contribution in [0, 0.1) is 0 Å². The first kappa shape index (κ1) is 12.5. The van der Waals surface area contributed by atoms with Crippen LogP contribution in [0.1, 0.15) is 5.56 Å². The highest BCUT2D eigenvalue weighted by Crippen LogP contribution is 2.07. The van der Waals surface area contributed by atoms with Crippen molar-refractivity contribution in [2.75, 3.05) is 32.1 Å². The van der Waals surface area contributed by atoms with Crippen LogP contribution in [-0.2, 0) is 17.2 Å². The summed E-state index contributed by atoms with van der Waals surface area (Å²) < 4.78 is 21.2. The van der Waals surface area contributed by atoms with Crippen molar-refractivity contribution >= 4 is 10.7 Å². The first-order valence-electron chi connectivity index (χ1n) is 5.84. The lowest BCUT2D eigenvalue weighted by molar-refractivity contribution is 0.142. The number of piperazine rings is 1. The molecule has 1 saturated heterocycles. The third kappa shape index (κ3) is 4.11. The maximum Gasteiger partial charge on any atom is 0.153 e. The molecule has 17 heavy (non-hydrogen) atoms. The molecule has 0 N–H and O–H groups in total. The second-order valence-corrected chi connectivity index (χ2v) is 5.30. The summed E-state index contributed by atoms with van der Waals surface area (Å²) in [6, 6.07) is 10.4. The van der Waals surface area contributed by atoms with Crippen molar-refractivity contribution in [3.8, 4) is 0 Å². The molecule has 1 heterocycles. The molecule has 0 bridgehead atoms. The molecule has 1 aliphatic rings. The maximum absolute atomic E-state index is 10.6. The van der Waals surface area contributed by atoms with Gasteiger partial charge in [-0.25, -0.2) is 8.42 Å². The molecule has 0 aromatic heterocycles. The van der Waals surface area contributed by atoms with Gasteiger partial charge in [-0.05, 0) is 5.56 Å². The second kappa shape index (κ2) is 6.14. The molecular formula is C12H18N2O2S. The molecule has 0 radical (unpaired) electrons. The summed E-state index contributed by atoms with van der Waals surface area (Å²) in [5, 5.41) is 0. The zero-order valence-corrected chi connectivity index (χ0v) is 10.7. The normalized spacial score (nSPS) is 18.6. The fraction of sp³-hybridized carbons (Fsp3) is 0.500. The Hall–Kier alpha value is -0.910. The highest BCUT2D eigenvalue weighted by atomic mass is 32.2. The number of thiol groups is 1. The molecular weight excluding hydrogens is 236 g/mol. The smallest absolute Gasteiger partial charge is 0.153 e. The van der Waals surface area contributed by atoms with Crippen LogP contribution in [0.5, 0.6) is 0 Å². The van der Waals surface area contributed by atoms with E-state index in [4.69, 9.17) is 0 Å². The molecule has 0 atom stereocenters. The number of rotatable bonds is 4. The molecule has 1 aromatic carbocycles. The van der Waals surface area contributed by atoms with Gasteiger partial charge >= 0.3 is 0 Å².